The number of aryl methyl sites for hydroxylation is 1. The Morgan fingerprint density at radius 2 is 1.92 bits per heavy atom. The number of fused-ring (bicyclic) bond motifs is 1. The van der Waals surface area contributed by atoms with Crippen molar-refractivity contribution < 1.29 is 18.7 Å². The summed E-state index contributed by atoms with van der Waals surface area (Å²) in [6.45, 7) is 1.71. The zero-order chi connectivity index (χ0) is 17.3. The van der Waals surface area contributed by atoms with Crippen LogP contribution in [0.25, 0.3) is 10.9 Å². The van der Waals surface area contributed by atoms with Crippen LogP contribution in [0.3, 0.4) is 0 Å². The Bertz CT molecular complexity index is 947. The van der Waals surface area contributed by atoms with Crippen LogP contribution in [-0.4, -0.2) is 24.0 Å². The number of H-pyrrole nitrogens is 1. The van der Waals surface area contributed by atoms with Crippen LogP contribution in [0.1, 0.15) is 26.4 Å². The van der Waals surface area contributed by atoms with E-state index in [1.165, 1.54) is 19.2 Å². The molecule has 24 heavy (non-hydrogen) atoms. The topological polar surface area (TPSA) is 71.2 Å². The molecule has 0 radical (unpaired) electrons. The van der Waals surface area contributed by atoms with Crippen LogP contribution in [0.5, 0.6) is 0 Å². The van der Waals surface area contributed by atoms with Crippen LogP contribution in [0.15, 0.2) is 42.5 Å². The Kier molecular flexibility index (Phi) is 4.04. The van der Waals surface area contributed by atoms with Crippen molar-refractivity contribution in [2.75, 3.05) is 12.4 Å². The van der Waals surface area contributed by atoms with Crippen LogP contribution in [0, 0.1) is 12.7 Å². The van der Waals surface area contributed by atoms with E-state index < -0.39 is 11.8 Å². The SMILES string of the molecule is COC(=O)c1cccc(NC(=O)c2c(C)[nH]c3c(F)cccc23)c1. The molecule has 2 aromatic carbocycles. The first-order chi connectivity index (χ1) is 11.5. The molecule has 0 aliphatic rings. The third-order valence-electron chi connectivity index (χ3n) is 3.74. The lowest BCUT2D eigenvalue weighted by molar-refractivity contribution is 0.0600. The number of ether oxygens (including phenoxy) is 1. The monoisotopic (exact) mass is 326 g/mol. The van der Waals surface area contributed by atoms with Gasteiger partial charge in [-0.3, -0.25) is 4.79 Å². The predicted octanol–water partition coefficient (Wildman–Crippen LogP) is 3.65. The number of para-hydroxylation sites is 1. The van der Waals surface area contributed by atoms with E-state index in [9.17, 15) is 14.0 Å². The standard InChI is InChI=1S/C18H15FN2O3/c1-10-15(13-7-4-8-14(19)16(13)20-10)17(22)21-12-6-3-5-11(9-12)18(23)24-2/h3-9,20H,1-2H3,(H,21,22). The van der Waals surface area contributed by atoms with E-state index in [0.29, 0.717) is 33.4 Å². The van der Waals surface area contributed by atoms with Gasteiger partial charge in [-0.25, -0.2) is 9.18 Å². The number of hydrogen-bond acceptors (Lipinski definition) is 3. The lowest BCUT2D eigenvalue weighted by Gasteiger charge is -2.07. The number of halogens is 1. The van der Waals surface area contributed by atoms with Crippen molar-refractivity contribution in [1.29, 1.82) is 0 Å². The molecule has 0 atom stereocenters. The summed E-state index contributed by atoms with van der Waals surface area (Å²) in [4.78, 5) is 27.1. The summed E-state index contributed by atoms with van der Waals surface area (Å²) < 4.78 is 18.5. The largest absolute Gasteiger partial charge is 0.465 e. The molecule has 2 N–H and O–H groups in total. The Balaban J connectivity index is 1.95. The Hall–Kier alpha value is -3.15. The molecule has 5 nitrogen and oxygen atoms in total. The summed E-state index contributed by atoms with van der Waals surface area (Å²) in [5.74, 6) is -1.29. The van der Waals surface area contributed by atoms with Gasteiger partial charge in [-0.15, -0.1) is 0 Å². The molecule has 6 heteroatoms. The second-order valence-electron chi connectivity index (χ2n) is 5.31. The number of carbonyl (C=O) groups is 2. The van der Waals surface area contributed by atoms with Gasteiger partial charge in [0.1, 0.15) is 5.82 Å². The van der Waals surface area contributed by atoms with Crippen LogP contribution >= 0.6 is 0 Å². The highest BCUT2D eigenvalue weighted by molar-refractivity contribution is 6.14. The molecule has 3 rings (SSSR count). The fraction of sp³-hybridized carbons (Fsp3) is 0.111. The van der Waals surface area contributed by atoms with Gasteiger partial charge in [-0.1, -0.05) is 18.2 Å². The molecule has 0 aliphatic carbocycles. The average molecular weight is 326 g/mol. The van der Waals surface area contributed by atoms with Crippen molar-refractivity contribution in [3.05, 3.63) is 65.1 Å². The number of methoxy groups -OCH3 is 1. The first-order valence-corrected chi connectivity index (χ1v) is 7.27. The lowest BCUT2D eigenvalue weighted by atomic mass is 10.1. The minimum atomic E-state index is -0.489. The zero-order valence-corrected chi connectivity index (χ0v) is 13.1. The van der Waals surface area contributed by atoms with Gasteiger partial charge in [0.15, 0.2) is 0 Å². The van der Waals surface area contributed by atoms with Crippen LogP contribution in [0.2, 0.25) is 0 Å². The summed E-state index contributed by atoms with van der Waals surface area (Å²) in [5, 5.41) is 3.24. The number of aromatic amines is 1. The van der Waals surface area contributed by atoms with E-state index in [2.05, 4.69) is 15.0 Å². The normalized spacial score (nSPS) is 10.6. The molecule has 0 bridgehead atoms. The van der Waals surface area contributed by atoms with E-state index >= 15 is 0 Å². The first-order valence-electron chi connectivity index (χ1n) is 7.27. The highest BCUT2D eigenvalue weighted by Gasteiger charge is 2.18. The fourth-order valence-electron chi connectivity index (χ4n) is 2.64. The highest BCUT2D eigenvalue weighted by Crippen LogP contribution is 2.25. The molecular formula is C18H15FN2O3. The first kappa shape index (κ1) is 15.7. The number of hydrogen-bond donors (Lipinski definition) is 2. The molecule has 1 heterocycles. The minimum Gasteiger partial charge on any atom is -0.465 e. The maximum atomic E-state index is 13.8. The van der Waals surface area contributed by atoms with Crippen molar-refractivity contribution in [2.45, 2.75) is 6.92 Å². The van der Waals surface area contributed by atoms with Crippen molar-refractivity contribution in [2.24, 2.45) is 0 Å². The molecular weight excluding hydrogens is 311 g/mol. The van der Waals surface area contributed by atoms with Gasteiger partial charge in [0.2, 0.25) is 0 Å². The summed E-state index contributed by atoms with van der Waals surface area (Å²) >= 11 is 0. The lowest BCUT2D eigenvalue weighted by Crippen LogP contribution is -2.13. The summed E-state index contributed by atoms with van der Waals surface area (Å²) in [5.41, 5.74) is 2.01. The summed E-state index contributed by atoms with van der Waals surface area (Å²) in [7, 11) is 1.29. The fourth-order valence-corrected chi connectivity index (χ4v) is 2.64. The van der Waals surface area contributed by atoms with E-state index in [1.54, 1.807) is 37.3 Å². The van der Waals surface area contributed by atoms with Crippen molar-refractivity contribution >= 4 is 28.5 Å². The Morgan fingerprint density at radius 1 is 1.17 bits per heavy atom. The molecule has 3 aromatic rings. The molecule has 1 aromatic heterocycles. The third-order valence-corrected chi connectivity index (χ3v) is 3.74. The average Bonchev–Trinajstić information content (AvgIpc) is 2.92. The van der Waals surface area contributed by atoms with Gasteiger partial charge >= 0.3 is 5.97 Å². The molecule has 0 unspecified atom stereocenters. The van der Waals surface area contributed by atoms with Crippen molar-refractivity contribution in [3.63, 3.8) is 0 Å². The molecule has 1 amide bonds. The Morgan fingerprint density at radius 3 is 2.67 bits per heavy atom. The molecule has 0 aliphatic heterocycles. The van der Waals surface area contributed by atoms with Gasteiger partial charge in [0.25, 0.3) is 5.91 Å². The van der Waals surface area contributed by atoms with E-state index in [4.69, 9.17) is 0 Å². The van der Waals surface area contributed by atoms with E-state index in [1.807, 2.05) is 0 Å². The quantitative estimate of drug-likeness (QED) is 0.722. The number of carbonyl (C=O) groups excluding carboxylic acids is 2. The Labute approximate surface area is 137 Å². The highest BCUT2D eigenvalue weighted by atomic mass is 19.1. The number of esters is 1. The van der Waals surface area contributed by atoms with Gasteiger partial charge in [0, 0.05) is 16.8 Å². The molecule has 0 fully saturated rings. The maximum Gasteiger partial charge on any atom is 0.337 e. The number of rotatable bonds is 3. The second-order valence-corrected chi connectivity index (χ2v) is 5.31. The molecule has 0 saturated carbocycles. The molecule has 0 spiro atoms. The molecule has 122 valence electrons. The van der Waals surface area contributed by atoms with Gasteiger partial charge in [-0.2, -0.15) is 0 Å². The van der Waals surface area contributed by atoms with Crippen LogP contribution in [-0.2, 0) is 4.74 Å². The number of aromatic nitrogens is 1. The van der Waals surface area contributed by atoms with Gasteiger partial charge in [-0.05, 0) is 31.2 Å². The smallest absolute Gasteiger partial charge is 0.337 e. The van der Waals surface area contributed by atoms with Crippen LogP contribution in [0.4, 0.5) is 10.1 Å². The molecule has 0 saturated heterocycles. The number of anilines is 1. The van der Waals surface area contributed by atoms with Gasteiger partial charge in [0.05, 0.1) is 23.8 Å². The van der Waals surface area contributed by atoms with Crippen molar-refractivity contribution in [1.82, 2.24) is 4.98 Å². The number of amides is 1. The second kappa shape index (κ2) is 6.16. The number of benzene rings is 2. The van der Waals surface area contributed by atoms with E-state index in [0.717, 1.165) is 0 Å². The minimum absolute atomic E-state index is 0.295. The third kappa shape index (κ3) is 2.74. The van der Waals surface area contributed by atoms with E-state index in [-0.39, 0.29) is 5.91 Å². The van der Waals surface area contributed by atoms with Crippen molar-refractivity contribution in [3.8, 4) is 0 Å². The predicted molar refractivity (Wildman–Crippen MR) is 88.7 cm³/mol. The maximum absolute atomic E-state index is 13.8. The number of nitrogens with one attached hydrogen (secondary N) is 2. The van der Waals surface area contributed by atoms with Gasteiger partial charge < -0.3 is 15.0 Å². The summed E-state index contributed by atoms with van der Waals surface area (Å²) in [6, 6.07) is 11.0. The summed E-state index contributed by atoms with van der Waals surface area (Å²) in [6.07, 6.45) is 0. The van der Waals surface area contributed by atoms with Crippen LogP contribution < -0.4 is 5.32 Å². The zero-order valence-electron chi connectivity index (χ0n) is 13.1.